The van der Waals surface area contributed by atoms with Crippen LogP contribution in [0.15, 0.2) is 0 Å². The van der Waals surface area contributed by atoms with Gasteiger partial charge in [-0.3, -0.25) is 0 Å². The van der Waals surface area contributed by atoms with Crippen molar-refractivity contribution >= 4 is 27.5 Å². The van der Waals surface area contributed by atoms with E-state index >= 15 is 0 Å². The van der Waals surface area contributed by atoms with Crippen molar-refractivity contribution in [2.75, 3.05) is 5.88 Å². The summed E-state index contributed by atoms with van der Waals surface area (Å²) in [6.45, 7) is 6.80. The van der Waals surface area contributed by atoms with Gasteiger partial charge in [0.1, 0.15) is 0 Å². The molecule has 0 heterocycles. The third-order valence-electron chi connectivity index (χ3n) is 1.82. The highest BCUT2D eigenvalue weighted by molar-refractivity contribution is 9.09. The van der Waals surface area contributed by atoms with Crippen LogP contribution >= 0.6 is 27.5 Å². The highest BCUT2D eigenvalue weighted by atomic mass is 79.9. The zero-order valence-electron chi connectivity index (χ0n) is 7.66. The Morgan fingerprint density at radius 1 is 1.45 bits per heavy atom. The van der Waals surface area contributed by atoms with E-state index in [2.05, 4.69) is 36.7 Å². The standard InChI is InChI=1S/C9H18BrCl/c1-8(10)7-9(2,3)5-4-6-11/h8H,4-7H2,1-3H3. The third kappa shape index (κ3) is 7.14. The zero-order chi connectivity index (χ0) is 8.91. The predicted molar refractivity (Wildman–Crippen MR) is 56.7 cm³/mol. The maximum absolute atomic E-state index is 5.63. The molecule has 1 atom stereocenters. The van der Waals surface area contributed by atoms with Crippen molar-refractivity contribution < 1.29 is 0 Å². The van der Waals surface area contributed by atoms with Crippen LogP contribution in [0.25, 0.3) is 0 Å². The van der Waals surface area contributed by atoms with Gasteiger partial charge >= 0.3 is 0 Å². The topological polar surface area (TPSA) is 0 Å². The van der Waals surface area contributed by atoms with Crippen LogP contribution in [0.2, 0.25) is 0 Å². The molecule has 0 amide bonds. The molecule has 0 saturated carbocycles. The van der Waals surface area contributed by atoms with Crippen LogP contribution in [0.5, 0.6) is 0 Å². The van der Waals surface area contributed by atoms with Crippen molar-refractivity contribution in [3.63, 3.8) is 0 Å². The Morgan fingerprint density at radius 2 is 2.00 bits per heavy atom. The molecule has 0 rings (SSSR count). The molecule has 2 heteroatoms. The third-order valence-corrected chi connectivity index (χ3v) is 2.41. The van der Waals surface area contributed by atoms with E-state index in [1.54, 1.807) is 0 Å². The maximum Gasteiger partial charge on any atom is 0.0223 e. The zero-order valence-corrected chi connectivity index (χ0v) is 10.0. The van der Waals surface area contributed by atoms with Gasteiger partial charge in [-0.25, -0.2) is 0 Å². The summed E-state index contributed by atoms with van der Waals surface area (Å²) in [5.41, 5.74) is 0.442. The van der Waals surface area contributed by atoms with E-state index in [-0.39, 0.29) is 0 Å². The first kappa shape index (κ1) is 11.8. The molecular formula is C9H18BrCl. The minimum atomic E-state index is 0.442. The van der Waals surface area contributed by atoms with Gasteiger partial charge in [-0.2, -0.15) is 0 Å². The molecule has 11 heavy (non-hydrogen) atoms. The van der Waals surface area contributed by atoms with E-state index in [1.165, 1.54) is 12.8 Å². The quantitative estimate of drug-likeness (QED) is 0.633. The lowest BCUT2D eigenvalue weighted by Crippen LogP contribution is -2.15. The van der Waals surface area contributed by atoms with Crippen LogP contribution in [-0.4, -0.2) is 10.7 Å². The van der Waals surface area contributed by atoms with E-state index in [4.69, 9.17) is 11.6 Å². The number of rotatable bonds is 5. The van der Waals surface area contributed by atoms with E-state index in [1.807, 2.05) is 0 Å². The molecule has 0 radical (unpaired) electrons. The number of hydrogen-bond donors (Lipinski definition) is 0. The number of hydrogen-bond acceptors (Lipinski definition) is 0. The number of halogens is 2. The Balaban J connectivity index is 3.61. The molecule has 0 aromatic carbocycles. The van der Waals surface area contributed by atoms with Crippen LogP contribution < -0.4 is 0 Å². The van der Waals surface area contributed by atoms with Gasteiger partial charge in [0.2, 0.25) is 0 Å². The molecule has 0 fully saturated rings. The van der Waals surface area contributed by atoms with E-state index in [9.17, 15) is 0 Å². The van der Waals surface area contributed by atoms with Crippen LogP contribution in [0, 0.1) is 5.41 Å². The Morgan fingerprint density at radius 3 is 2.36 bits per heavy atom. The van der Waals surface area contributed by atoms with Crippen molar-refractivity contribution in [3.05, 3.63) is 0 Å². The minimum Gasteiger partial charge on any atom is -0.127 e. The van der Waals surface area contributed by atoms with Crippen molar-refractivity contribution in [1.29, 1.82) is 0 Å². The van der Waals surface area contributed by atoms with Crippen molar-refractivity contribution in [1.82, 2.24) is 0 Å². The van der Waals surface area contributed by atoms with Crippen molar-refractivity contribution in [2.24, 2.45) is 5.41 Å². The molecule has 1 unspecified atom stereocenters. The first-order chi connectivity index (χ1) is 4.98. The molecule has 0 aromatic heterocycles. The van der Waals surface area contributed by atoms with Gasteiger partial charge in [-0.15, -0.1) is 11.6 Å². The Bertz CT molecular complexity index is 99.7. The summed E-state index contributed by atoms with van der Waals surface area (Å²) >= 11 is 9.20. The van der Waals surface area contributed by atoms with Crippen LogP contribution in [-0.2, 0) is 0 Å². The average molecular weight is 242 g/mol. The van der Waals surface area contributed by atoms with Gasteiger partial charge < -0.3 is 0 Å². The Hall–Kier alpha value is 0.770. The van der Waals surface area contributed by atoms with Crippen LogP contribution in [0.4, 0.5) is 0 Å². The molecule has 0 aliphatic heterocycles. The SMILES string of the molecule is CC(Br)CC(C)(C)CCCCl. The van der Waals surface area contributed by atoms with E-state index < -0.39 is 0 Å². The lowest BCUT2D eigenvalue weighted by atomic mass is 9.84. The molecule has 0 bridgehead atoms. The second-order valence-electron chi connectivity index (χ2n) is 3.94. The molecule has 0 nitrogen and oxygen atoms in total. The second kappa shape index (κ2) is 5.42. The lowest BCUT2D eigenvalue weighted by Gasteiger charge is -2.25. The van der Waals surface area contributed by atoms with Gasteiger partial charge in [0.05, 0.1) is 0 Å². The highest BCUT2D eigenvalue weighted by Crippen LogP contribution is 2.30. The second-order valence-corrected chi connectivity index (χ2v) is 5.88. The van der Waals surface area contributed by atoms with Crippen molar-refractivity contribution in [2.45, 2.75) is 44.9 Å². The summed E-state index contributed by atoms with van der Waals surface area (Å²) < 4.78 is 0. The van der Waals surface area contributed by atoms with Crippen molar-refractivity contribution in [3.8, 4) is 0 Å². The minimum absolute atomic E-state index is 0.442. The molecule has 0 aromatic rings. The average Bonchev–Trinajstić information content (AvgIpc) is 1.81. The fourth-order valence-corrected chi connectivity index (χ4v) is 2.42. The van der Waals surface area contributed by atoms with Gasteiger partial charge in [0, 0.05) is 10.7 Å². The fourth-order valence-electron chi connectivity index (χ4n) is 1.41. The van der Waals surface area contributed by atoms with Crippen LogP contribution in [0.1, 0.15) is 40.0 Å². The monoisotopic (exact) mass is 240 g/mol. The molecule has 0 N–H and O–H groups in total. The van der Waals surface area contributed by atoms with E-state index in [0.717, 1.165) is 12.3 Å². The smallest absolute Gasteiger partial charge is 0.0223 e. The first-order valence-electron chi connectivity index (χ1n) is 4.18. The van der Waals surface area contributed by atoms with Gasteiger partial charge in [0.15, 0.2) is 0 Å². The summed E-state index contributed by atoms with van der Waals surface area (Å²) in [6, 6.07) is 0. The molecule has 0 aliphatic carbocycles. The Kier molecular flexibility index (Phi) is 5.80. The first-order valence-corrected chi connectivity index (χ1v) is 5.63. The van der Waals surface area contributed by atoms with Crippen LogP contribution in [0.3, 0.4) is 0 Å². The summed E-state index contributed by atoms with van der Waals surface area (Å²) in [6.07, 6.45) is 3.59. The molecule has 68 valence electrons. The highest BCUT2D eigenvalue weighted by Gasteiger charge is 2.18. The fraction of sp³-hybridized carbons (Fsp3) is 1.00. The number of alkyl halides is 2. The van der Waals surface area contributed by atoms with E-state index in [0.29, 0.717) is 10.2 Å². The summed E-state index contributed by atoms with van der Waals surface area (Å²) in [4.78, 5) is 0.618. The summed E-state index contributed by atoms with van der Waals surface area (Å²) in [7, 11) is 0. The Labute approximate surface area is 83.8 Å². The van der Waals surface area contributed by atoms with Gasteiger partial charge in [-0.1, -0.05) is 36.7 Å². The summed E-state index contributed by atoms with van der Waals surface area (Å²) in [5, 5.41) is 0. The molecule has 0 aliphatic rings. The predicted octanol–water partition coefficient (Wildman–Crippen LogP) is 4.21. The normalized spacial score (nSPS) is 15.0. The summed E-state index contributed by atoms with van der Waals surface area (Å²) in [5.74, 6) is 0.792. The molecule has 0 saturated heterocycles. The molecule has 0 spiro atoms. The van der Waals surface area contributed by atoms with Gasteiger partial charge in [0.25, 0.3) is 0 Å². The largest absolute Gasteiger partial charge is 0.127 e. The van der Waals surface area contributed by atoms with Gasteiger partial charge in [-0.05, 0) is 24.7 Å². The maximum atomic E-state index is 5.63. The lowest BCUT2D eigenvalue weighted by molar-refractivity contribution is 0.307. The molecular weight excluding hydrogens is 223 g/mol.